The Morgan fingerprint density at radius 1 is 1.19 bits per heavy atom. The Morgan fingerprint density at radius 2 is 1.95 bits per heavy atom. The number of hydrogen-bond donors (Lipinski definition) is 1. The Hall–Kier alpha value is -1.76. The molecule has 0 saturated carbocycles. The molecule has 0 bridgehead atoms. The molecule has 1 atom stereocenters. The Labute approximate surface area is 130 Å². The monoisotopic (exact) mass is 300 g/mol. The summed E-state index contributed by atoms with van der Waals surface area (Å²) in [5.41, 5.74) is 1.35. The lowest BCUT2D eigenvalue weighted by Gasteiger charge is -2.10. The first-order valence-corrected chi connectivity index (χ1v) is 7.95. The van der Waals surface area contributed by atoms with Gasteiger partial charge in [-0.1, -0.05) is 37.8 Å². The highest BCUT2D eigenvalue weighted by Crippen LogP contribution is 2.23. The van der Waals surface area contributed by atoms with E-state index in [-0.39, 0.29) is 6.61 Å². The molecule has 0 radical (unpaired) electrons. The number of aliphatic hydroxyl groups excluding tert-OH is 1. The van der Waals surface area contributed by atoms with Crippen LogP contribution in [0.1, 0.15) is 41.5 Å². The van der Waals surface area contributed by atoms with Gasteiger partial charge in [0.25, 0.3) is 0 Å². The van der Waals surface area contributed by atoms with Gasteiger partial charge < -0.3 is 9.84 Å². The summed E-state index contributed by atoms with van der Waals surface area (Å²) < 4.78 is 5.79. The summed E-state index contributed by atoms with van der Waals surface area (Å²) in [4.78, 5) is 2.08. The van der Waals surface area contributed by atoms with E-state index in [0.29, 0.717) is 12.5 Å². The third kappa shape index (κ3) is 4.63. The van der Waals surface area contributed by atoms with Crippen molar-refractivity contribution in [2.45, 2.75) is 32.8 Å². The van der Waals surface area contributed by atoms with E-state index in [1.165, 1.54) is 5.56 Å². The molecule has 0 aliphatic carbocycles. The van der Waals surface area contributed by atoms with Crippen molar-refractivity contribution in [2.24, 2.45) is 0 Å². The molecule has 2 aromatic rings. The first-order chi connectivity index (χ1) is 10.2. The van der Waals surface area contributed by atoms with E-state index in [4.69, 9.17) is 9.84 Å². The summed E-state index contributed by atoms with van der Waals surface area (Å²) >= 11 is 1.59. The van der Waals surface area contributed by atoms with Gasteiger partial charge in [0.15, 0.2) is 0 Å². The molecule has 3 heteroatoms. The van der Waals surface area contributed by atoms with Crippen molar-refractivity contribution in [1.82, 2.24) is 0 Å². The summed E-state index contributed by atoms with van der Waals surface area (Å²) in [7, 11) is 0. The Morgan fingerprint density at radius 3 is 2.62 bits per heavy atom. The molecule has 21 heavy (non-hydrogen) atoms. The maximum absolute atomic E-state index is 8.67. The lowest BCUT2D eigenvalue weighted by Crippen LogP contribution is -1.94. The largest absolute Gasteiger partial charge is 0.488 e. The lowest BCUT2D eigenvalue weighted by molar-refractivity contribution is 0.309. The highest BCUT2D eigenvalue weighted by atomic mass is 32.1. The Balaban J connectivity index is 1.92. The number of thiophene rings is 1. The van der Waals surface area contributed by atoms with Gasteiger partial charge in [-0.15, -0.1) is 11.3 Å². The predicted octanol–water partition coefficient (Wildman–Crippen LogP) is 4.18. The molecule has 1 N–H and O–H groups in total. The van der Waals surface area contributed by atoms with Crippen LogP contribution in [0.2, 0.25) is 0 Å². The van der Waals surface area contributed by atoms with E-state index in [2.05, 4.69) is 37.8 Å². The van der Waals surface area contributed by atoms with Crippen LogP contribution in [0.4, 0.5) is 0 Å². The quantitative estimate of drug-likeness (QED) is 0.839. The smallest absolute Gasteiger partial charge is 0.122 e. The molecule has 0 aliphatic heterocycles. The van der Waals surface area contributed by atoms with E-state index in [1.54, 1.807) is 11.3 Å². The van der Waals surface area contributed by atoms with Crippen LogP contribution in [0, 0.1) is 11.8 Å². The molecule has 1 heterocycles. The number of ether oxygens (including phenoxy) is 1. The summed E-state index contributed by atoms with van der Waals surface area (Å²) in [6.07, 6.45) is 1.15. The molecule has 0 amide bonds. The summed E-state index contributed by atoms with van der Waals surface area (Å²) in [5, 5.41) is 8.67. The highest BCUT2D eigenvalue weighted by molar-refractivity contribution is 7.12. The zero-order valence-corrected chi connectivity index (χ0v) is 13.2. The van der Waals surface area contributed by atoms with Crippen LogP contribution in [0.3, 0.4) is 0 Å². The number of rotatable bonds is 5. The molecule has 1 aromatic heterocycles. The normalized spacial score (nSPS) is 11.6. The molecule has 110 valence electrons. The number of benzene rings is 1. The fraction of sp³-hybridized carbons (Fsp3) is 0.333. The zero-order chi connectivity index (χ0) is 15.1. The van der Waals surface area contributed by atoms with Gasteiger partial charge in [-0.2, -0.15) is 0 Å². The topological polar surface area (TPSA) is 29.5 Å². The standard InChI is InChI=1S/C18H20O2S/c1-3-14(2)15-6-8-16(9-7-15)20-13-18-11-10-17(21-18)5-4-12-19/h6-11,14,19H,3,12-13H2,1-2H3. The third-order valence-corrected chi connectivity index (χ3v) is 4.37. The number of hydrogen-bond acceptors (Lipinski definition) is 3. The Kier molecular flexibility index (Phi) is 5.86. The molecule has 1 unspecified atom stereocenters. The average Bonchev–Trinajstić information content (AvgIpc) is 2.98. The molecule has 1 aromatic carbocycles. The SMILES string of the molecule is CCC(C)c1ccc(OCc2ccc(C#CCO)s2)cc1. The molecule has 0 spiro atoms. The summed E-state index contributed by atoms with van der Waals surface area (Å²) in [6, 6.07) is 12.3. The maximum atomic E-state index is 8.67. The maximum Gasteiger partial charge on any atom is 0.122 e. The van der Waals surface area contributed by atoms with Crippen molar-refractivity contribution in [3.8, 4) is 17.6 Å². The molecule has 0 aliphatic rings. The van der Waals surface area contributed by atoms with Crippen molar-refractivity contribution in [1.29, 1.82) is 0 Å². The summed E-state index contributed by atoms with van der Waals surface area (Å²) in [6.45, 7) is 4.88. The molecular formula is C18H20O2S. The van der Waals surface area contributed by atoms with Crippen LogP contribution < -0.4 is 4.74 Å². The van der Waals surface area contributed by atoms with Crippen molar-refractivity contribution in [3.63, 3.8) is 0 Å². The van der Waals surface area contributed by atoms with Crippen molar-refractivity contribution in [2.75, 3.05) is 6.61 Å². The highest BCUT2D eigenvalue weighted by Gasteiger charge is 2.03. The van der Waals surface area contributed by atoms with E-state index < -0.39 is 0 Å². The second kappa shape index (κ2) is 7.87. The van der Waals surface area contributed by atoms with Gasteiger partial charge in [-0.25, -0.2) is 0 Å². The fourth-order valence-electron chi connectivity index (χ4n) is 1.93. The zero-order valence-electron chi connectivity index (χ0n) is 12.4. The van der Waals surface area contributed by atoms with Crippen LogP contribution in [-0.2, 0) is 6.61 Å². The van der Waals surface area contributed by atoms with Crippen LogP contribution >= 0.6 is 11.3 Å². The van der Waals surface area contributed by atoms with Crippen LogP contribution in [0.25, 0.3) is 0 Å². The van der Waals surface area contributed by atoms with E-state index in [1.807, 2.05) is 24.3 Å². The van der Waals surface area contributed by atoms with Gasteiger partial charge in [0.2, 0.25) is 0 Å². The molecule has 2 rings (SSSR count). The first-order valence-electron chi connectivity index (χ1n) is 7.14. The van der Waals surface area contributed by atoms with E-state index in [0.717, 1.165) is 21.9 Å². The second-order valence-electron chi connectivity index (χ2n) is 4.89. The van der Waals surface area contributed by atoms with E-state index >= 15 is 0 Å². The van der Waals surface area contributed by atoms with Gasteiger partial charge >= 0.3 is 0 Å². The summed E-state index contributed by atoms with van der Waals surface area (Å²) in [5.74, 6) is 7.03. The minimum atomic E-state index is -0.105. The van der Waals surface area contributed by atoms with Crippen LogP contribution in [-0.4, -0.2) is 11.7 Å². The van der Waals surface area contributed by atoms with Crippen molar-refractivity contribution < 1.29 is 9.84 Å². The molecule has 0 fully saturated rings. The van der Waals surface area contributed by atoms with Crippen molar-refractivity contribution in [3.05, 3.63) is 51.7 Å². The third-order valence-electron chi connectivity index (χ3n) is 3.39. The predicted molar refractivity (Wildman–Crippen MR) is 87.8 cm³/mol. The van der Waals surface area contributed by atoms with Gasteiger partial charge in [-0.05, 0) is 42.2 Å². The van der Waals surface area contributed by atoms with Gasteiger partial charge in [0.05, 0.1) is 4.88 Å². The van der Waals surface area contributed by atoms with E-state index in [9.17, 15) is 0 Å². The van der Waals surface area contributed by atoms with Gasteiger partial charge in [-0.3, -0.25) is 0 Å². The lowest BCUT2D eigenvalue weighted by atomic mass is 9.99. The second-order valence-corrected chi connectivity index (χ2v) is 6.06. The van der Waals surface area contributed by atoms with Gasteiger partial charge in [0, 0.05) is 4.88 Å². The Bertz CT molecular complexity index is 617. The molecular weight excluding hydrogens is 280 g/mol. The van der Waals surface area contributed by atoms with Crippen molar-refractivity contribution >= 4 is 11.3 Å². The average molecular weight is 300 g/mol. The van der Waals surface area contributed by atoms with Crippen LogP contribution in [0.5, 0.6) is 5.75 Å². The molecule has 2 nitrogen and oxygen atoms in total. The van der Waals surface area contributed by atoms with Crippen LogP contribution in [0.15, 0.2) is 36.4 Å². The minimum Gasteiger partial charge on any atom is -0.488 e. The molecule has 0 saturated heterocycles. The minimum absolute atomic E-state index is 0.105. The number of aliphatic hydroxyl groups is 1. The fourth-order valence-corrected chi connectivity index (χ4v) is 2.73. The first kappa shape index (κ1) is 15.6. The van der Waals surface area contributed by atoms with Gasteiger partial charge in [0.1, 0.15) is 19.0 Å².